The molecule has 8 heavy (non-hydrogen) atoms. The zero-order valence-electron chi connectivity index (χ0n) is 4.97. The van der Waals surface area contributed by atoms with Gasteiger partial charge in [0.15, 0.2) is 0 Å². The largest absolute Gasteiger partial charge is 0.659 e. The topological polar surface area (TPSA) is 14.1 Å². The third-order valence-electron chi connectivity index (χ3n) is 2.22. The molecule has 2 fully saturated rings. The van der Waals surface area contributed by atoms with E-state index in [1.54, 1.807) is 0 Å². The van der Waals surface area contributed by atoms with Crippen molar-refractivity contribution in [3.8, 4) is 0 Å². The van der Waals surface area contributed by atoms with E-state index in [2.05, 4.69) is 12.2 Å². The van der Waals surface area contributed by atoms with E-state index in [1.807, 2.05) is 0 Å². The van der Waals surface area contributed by atoms with E-state index in [-0.39, 0.29) is 20.4 Å². The van der Waals surface area contributed by atoms with E-state index in [1.165, 1.54) is 13.0 Å². The molecule has 0 N–H and O–H groups in total. The van der Waals surface area contributed by atoms with Crippen LogP contribution in [0.2, 0.25) is 0 Å². The SMILES string of the molecule is C[C@H]1[N-]CC2CC21.[Re]. The quantitative estimate of drug-likeness (QED) is 0.637. The minimum absolute atomic E-state index is 0. The molecule has 1 heterocycles. The summed E-state index contributed by atoms with van der Waals surface area (Å²) >= 11 is 0. The monoisotopic (exact) mass is 283 g/mol. The maximum atomic E-state index is 4.37. The Morgan fingerprint density at radius 3 is 2.38 bits per heavy atom. The maximum absolute atomic E-state index is 4.37. The Hall–Kier alpha value is 0.622. The van der Waals surface area contributed by atoms with Gasteiger partial charge in [0.25, 0.3) is 0 Å². The minimum atomic E-state index is 0. The summed E-state index contributed by atoms with van der Waals surface area (Å²) in [6.45, 7) is 3.41. The molecule has 2 heteroatoms. The van der Waals surface area contributed by atoms with Crippen LogP contribution in [0.25, 0.3) is 5.32 Å². The predicted octanol–water partition coefficient (Wildman–Crippen LogP) is 1.40. The van der Waals surface area contributed by atoms with Gasteiger partial charge in [-0.05, 0) is 0 Å². The number of fused-ring (bicyclic) bond motifs is 1. The molecule has 0 amide bonds. The molecule has 2 unspecified atom stereocenters. The van der Waals surface area contributed by atoms with Crippen LogP contribution in [0, 0.1) is 11.8 Å². The van der Waals surface area contributed by atoms with Crippen LogP contribution in [-0.4, -0.2) is 12.6 Å². The molecule has 2 aliphatic rings. The number of rotatable bonds is 0. The number of piperidine rings is 1. The van der Waals surface area contributed by atoms with Gasteiger partial charge in [-0.15, -0.1) is 12.6 Å². The van der Waals surface area contributed by atoms with Crippen molar-refractivity contribution in [2.24, 2.45) is 11.8 Å². The van der Waals surface area contributed by atoms with E-state index < -0.39 is 0 Å². The van der Waals surface area contributed by atoms with Gasteiger partial charge in [-0.1, -0.05) is 25.2 Å². The van der Waals surface area contributed by atoms with Gasteiger partial charge in [0.2, 0.25) is 0 Å². The van der Waals surface area contributed by atoms with Crippen LogP contribution in [0.5, 0.6) is 0 Å². The van der Waals surface area contributed by atoms with Gasteiger partial charge in [0.1, 0.15) is 0 Å². The van der Waals surface area contributed by atoms with Gasteiger partial charge in [-0.25, -0.2) is 0 Å². The minimum Gasteiger partial charge on any atom is -0.659 e. The van der Waals surface area contributed by atoms with Gasteiger partial charge in [-0.3, -0.25) is 0 Å². The second kappa shape index (κ2) is 2.10. The van der Waals surface area contributed by atoms with Gasteiger partial charge in [0, 0.05) is 20.4 Å². The summed E-state index contributed by atoms with van der Waals surface area (Å²) in [4.78, 5) is 0. The van der Waals surface area contributed by atoms with Gasteiger partial charge in [-0.2, -0.15) is 0 Å². The average molecular weight is 282 g/mol. The van der Waals surface area contributed by atoms with Gasteiger partial charge in [0.05, 0.1) is 0 Å². The molecule has 1 nitrogen and oxygen atoms in total. The van der Waals surface area contributed by atoms with Crippen molar-refractivity contribution >= 4 is 0 Å². The number of hydrogen-bond donors (Lipinski definition) is 0. The van der Waals surface area contributed by atoms with Crippen LogP contribution >= 0.6 is 0 Å². The summed E-state index contributed by atoms with van der Waals surface area (Å²) in [5.74, 6) is 2.04. The van der Waals surface area contributed by atoms with Crippen molar-refractivity contribution in [2.75, 3.05) is 6.54 Å². The van der Waals surface area contributed by atoms with Crippen LogP contribution in [-0.2, 0) is 20.4 Å². The number of nitrogens with zero attached hydrogens (tertiary/aromatic N) is 1. The van der Waals surface area contributed by atoms with Crippen LogP contribution in [0.4, 0.5) is 0 Å². The third kappa shape index (κ3) is 0.858. The Morgan fingerprint density at radius 1 is 1.50 bits per heavy atom. The zero-order chi connectivity index (χ0) is 4.85. The smallest absolute Gasteiger partial charge is 0 e. The molecule has 0 aromatic heterocycles. The molecule has 0 bridgehead atoms. The van der Waals surface area contributed by atoms with E-state index in [0.29, 0.717) is 6.04 Å². The van der Waals surface area contributed by atoms with E-state index in [0.717, 1.165) is 11.8 Å². The summed E-state index contributed by atoms with van der Waals surface area (Å²) in [7, 11) is 0. The molecule has 1 radical (unpaired) electrons. The molecule has 3 atom stereocenters. The Labute approximate surface area is 63.9 Å². The van der Waals surface area contributed by atoms with Crippen LogP contribution in [0.1, 0.15) is 13.3 Å². The van der Waals surface area contributed by atoms with Crippen molar-refractivity contribution in [2.45, 2.75) is 19.4 Å². The maximum Gasteiger partial charge on any atom is 0 e. The second-order valence-corrected chi connectivity index (χ2v) is 2.77. The molecule has 1 aliphatic heterocycles. The second-order valence-electron chi connectivity index (χ2n) is 2.77. The third-order valence-corrected chi connectivity index (χ3v) is 2.22. The zero-order valence-corrected chi connectivity index (χ0v) is 7.69. The normalized spacial score (nSPS) is 49.9. The van der Waals surface area contributed by atoms with Crippen molar-refractivity contribution in [1.29, 1.82) is 0 Å². The molecule has 0 aromatic rings. The van der Waals surface area contributed by atoms with E-state index >= 15 is 0 Å². The summed E-state index contributed by atoms with van der Waals surface area (Å²) in [6.07, 6.45) is 1.48. The molecule has 1 aliphatic carbocycles. The van der Waals surface area contributed by atoms with E-state index in [9.17, 15) is 0 Å². The molecule has 47 valence electrons. The van der Waals surface area contributed by atoms with Gasteiger partial charge >= 0.3 is 0 Å². The summed E-state index contributed by atoms with van der Waals surface area (Å²) in [6, 6.07) is 0.713. The first-order chi connectivity index (χ1) is 3.38. The van der Waals surface area contributed by atoms with Crippen LogP contribution < -0.4 is 0 Å². The van der Waals surface area contributed by atoms with Crippen molar-refractivity contribution < 1.29 is 20.4 Å². The fraction of sp³-hybridized carbons (Fsp3) is 1.00. The Balaban J connectivity index is 0.000000320. The van der Waals surface area contributed by atoms with Crippen molar-refractivity contribution in [3.05, 3.63) is 5.32 Å². The summed E-state index contributed by atoms with van der Waals surface area (Å²) in [5.41, 5.74) is 0. The summed E-state index contributed by atoms with van der Waals surface area (Å²) in [5, 5.41) is 4.37. The first-order valence-electron chi connectivity index (χ1n) is 3.04. The first kappa shape index (κ1) is 6.74. The molecule has 2 rings (SSSR count). The molecule has 1 saturated carbocycles. The average Bonchev–Trinajstić information content (AvgIpc) is 2.33. The Morgan fingerprint density at radius 2 is 2.25 bits per heavy atom. The van der Waals surface area contributed by atoms with Crippen molar-refractivity contribution in [1.82, 2.24) is 0 Å². The summed E-state index contributed by atoms with van der Waals surface area (Å²) < 4.78 is 0. The first-order valence-corrected chi connectivity index (χ1v) is 3.04. The van der Waals surface area contributed by atoms with Crippen LogP contribution in [0.15, 0.2) is 0 Å². The molecule has 1 saturated heterocycles. The number of hydrogen-bond acceptors (Lipinski definition) is 0. The van der Waals surface area contributed by atoms with Crippen molar-refractivity contribution in [3.63, 3.8) is 0 Å². The van der Waals surface area contributed by atoms with Gasteiger partial charge < -0.3 is 5.32 Å². The van der Waals surface area contributed by atoms with E-state index in [4.69, 9.17) is 0 Å². The molecule has 0 aromatic carbocycles. The standard InChI is InChI=1S/C6H10N.Re/c1-4-6-2-5(6)3-7-4;/h4-6H,2-3H2,1H3;/q-1;/t4-,5?,6?;/m1./s1. The van der Waals surface area contributed by atoms with Crippen LogP contribution in [0.3, 0.4) is 0 Å². The Bertz CT molecular complexity index is 94.5. The molecular formula is C6H10NRe-. The molecule has 0 spiro atoms. The fourth-order valence-corrected chi connectivity index (χ4v) is 1.51. The predicted molar refractivity (Wildman–Crippen MR) is 29.3 cm³/mol. The Kier molecular flexibility index (Phi) is 1.77. The molecular weight excluding hydrogens is 272 g/mol. The fourth-order valence-electron chi connectivity index (χ4n) is 1.51.